The number of benzene rings is 3. The summed E-state index contributed by atoms with van der Waals surface area (Å²) < 4.78 is 15.9. The van der Waals surface area contributed by atoms with Crippen LogP contribution in [0.25, 0.3) is 6.08 Å². The van der Waals surface area contributed by atoms with Crippen molar-refractivity contribution in [3.8, 4) is 17.2 Å². The number of nitrogens with one attached hydrogen (secondary N) is 2. The second-order valence-corrected chi connectivity index (χ2v) is 7.41. The molecule has 0 heterocycles. The summed E-state index contributed by atoms with van der Waals surface area (Å²) in [7, 11) is 4.48. The number of ketones is 1. The Kier molecular flexibility index (Phi) is 8.24. The molecule has 0 aliphatic carbocycles. The maximum atomic E-state index is 13.2. The lowest BCUT2D eigenvalue weighted by Gasteiger charge is -2.14. The van der Waals surface area contributed by atoms with Gasteiger partial charge < -0.3 is 24.8 Å². The van der Waals surface area contributed by atoms with Crippen molar-refractivity contribution in [2.45, 2.75) is 6.92 Å². The summed E-state index contributed by atoms with van der Waals surface area (Å²) in [5.74, 6) is 0.132. The number of rotatable bonds is 9. The van der Waals surface area contributed by atoms with Crippen LogP contribution in [0.1, 0.15) is 33.2 Å². The number of methoxy groups -OCH3 is 3. The molecule has 3 aromatic rings. The van der Waals surface area contributed by atoms with Crippen molar-refractivity contribution in [2.24, 2.45) is 0 Å². The molecule has 0 aromatic heterocycles. The molecule has 0 atom stereocenters. The van der Waals surface area contributed by atoms with Crippen molar-refractivity contribution in [3.05, 3.63) is 89.1 Å². The molecule has 0 aliphatic rings. The molecule has 0 saturated heterocycles. The number of amides is 2. The van der Waals surface area contributed by atoms with Crippen LogP contribution < -0.4 is 24.8 Å². The highest BCUT2D eigenvalue weighted by Gasteiger charge is 2.18. The van der Waals surface area contributed by atoms with Gasteiger partial charge >= 0.3 is 0 Å². The smallest absolute Gasteiger partial charge is 0.272 e. The predicted octanol–water partition coefficient (Wildman–Crippen LogP) is 4.32. The summed E-state index contributed by atoms with van der Waals surface area (Å²) >= 11 is 0. The van der Waals surface area contributed by atoms with Gasteiger partial charge in [0.2, 0.25) is 0 Å². The summed E-state index contributed by atoms with van der Waals surface area (Å²) in [6.45, 7) is 1.44. The fraction of sp³-hybridized carbons (Fsp3) is 0.148. The van der Waals surface area contributed by atoms with Crippen LogP contribution in [0.5, 0.6) is 17.2 Å². The number of hydrogen-bond donors (Lipinski definition) is 2. The normalized spacial score (nSPS) is 10.8. The number of para-hydroxylation sites is 1. The van der Waals surface area contributed by atoms with Crippen LogP contribution >= 0.6 is 0 Å². The van der Waals surface area contributed by atoms with Crippen molar-refractivity contribution in [2.75, 3.05) is 26.6 Å². The van der Waals surface area contributed by atoms with E-state index in [0.717, 1.165) is 0 Å². The van der Waals surface area contributed by atoms with Gasteiger partial charge in [-0.15, -0.1) is 0 Å². The summed E-state index contributed by atoms with van der Waals surface area (Å²) in [6.07, 6.45) is 1.52. The molecule has 0 radical (unpaired) electrons. The number of hydrogen-bond acceptors (Lipinski definition) is 6. The highest BCUT2D eigenvalue weighted by Crippen LogP contribution is 2.28. The fourth-order valence-electron chi connectivity index (χ4n) is 3.29. The van der Waals surface area contributed by atoms with Crippen molar-refractivity contribution in [1.29, 1.82) is 0 Å². The Labute approximate surface area is 203 Å². The molecule has 35 heavy (non-hydrogen) atoms. The number of Topliss-reactive ketones (excluding diaryl/α,β-unsaturated/α-hetero) is 1. The molecule has 0 saturated carbocycles. The lowest BCUT2D eigenvalue weighted by Crippen LogP contribution is -2.30. The molecule has 180 valence electrons. The van der Waals surface area contributed by atoms with Gasteiger partial charge in [-0.05, 0) is 49.4 Å². The minimum atomic E-state index is -0.578. The van der Waals surface area contributed by atoms with Gasteiger partial charge in [0.15, 0.2) is 17.3 Å². The van der Waals surface area contributed by atoms with Crippen LogP contribution in [-0.4, -0.2) is 38.9 Å². The third-order valence-electron chi connectivity index (χ3n) is 5.10. The zero-order valence-electron chi connectivity index (χ0n) is 19.9. The van der Waals surface area contributed by atoms with Gasteiger partial charge in [0.05, 0.1) is 21.3 Å². The molecule has 8 nitrogen and oxygen atoms in total. The Hall–Kier alpha value is -4.59. The van der Waals surface area contributed by atoms with E-state index in [-0.39, 0.29) is 17.0 Å². The van der Waals surface area contributed by atoms with Crippen LogP contribution in [-0.2, 0) is 4.79 Å². The SMILES string of the molecule is COc1ccccc1/C=C(/NC(=O)c1ccc(OC)c(OC)c1)C(=O)Nc1cccc(C(C)=O)c1. The predicted molar refractivity (Wildman–Crippen MR) is 133 cm³/mol. The van der Waals surface area contributed by atoms with E-state index in [1.54, 1.807) is 60.7 Å². The van der Waals surface area contributed by atoms with Crippen molar-refractivity contribution < 1.29 is 28.6 Å². The molecule has 0 spiro atoms. The second-order valence-electron chi connectivity index (χ2n) is 7.41. The molecule has 2 N–H and O–H groups in total. The molecule has 2 amide bonds. The van der Waals surface area contributed by atoms with E-state index in [2.05, 4.69) is 10.6 Å². The lowest BCUT2D eigenvalue weighted by molar-refractivity contribution is -0.113. The van der Waals surface area contributed by atoms with E-state index in [4.69, 9.17) is 14.2 Å². The van der Waals surface area contributed by atoms with Crippen LogP contribution in [0.4, 0.5) is 5.69 Å². The maximum absolute atomic E-state index is 13.2. The first-order chi connectivity index (χ1) is 16.9. The summed E-state index contributed by atoms with van der Waals surface area (Å²) in [4.78, 5) is 38.0. The first-order valence-corrected chi connectivity index (χ1v) is 10.7. The van der Waals surface area contributed by atoms with Crippen molar-refractivity contribution in [3.63, 3.8) is 0 Å². The van der Waals surface area contributed by atoms with E-state index in [9.17, 15) is 14.4 Å². The molecule has 8 heteroatoms. The standard InChI is InChI=1S/C27H26N2O6/c1-17(30)18-9-7-10-21(14-18)28-27(32)22(15-19-8-5-6-11-23(19)33-2)29-26(31)20-12-13-24(34-3)25(16-20)35-4/h5-16H,1-4H3,(H,28,32)(H,29,31)/b22-15+. The van der Waals surface area contributed by atoms with Gasteiger partial charge in [0, 0.05) is 22.4 Å². The van der Waals surface area contributed by atoms with Gasteiger partial charge in [-0.25, -0.2) is 0 Å². The molecular formula is C27H26N2O6. The van der Waals surface area contributed by atoms with Gasteiger partial charge in [-0.3, -0.25) is 14.4 Å². The average Bonchev–Trinajstić information content (AvgIpc) is 2.88. The maximum Gasteiger partial charge on any atom is 0.272 e. The van der Waals surface area contributed by atoms with E-state index in [1.165, 1.54) is 40.4 Å². The van der Waals surface area contributed by atoms with Gasteiger partial charge in [0.1, 0.15) is 11.4 Å². The first kappa shape index (κ1) is 25.0. The van der Waals surface area contributed by atoms with Crippen molar-refractivity contribution >= 4 is 29.4 Å². The molecule has 3 rings (SSSR count). The lowest BCUT2D eigenvalue weighted by atomic mass is 10.1. The Bertz CT molecular complexity index is 1280. The Morgan fingerprint density at radius 1 is 0.743 bits per heavy atom. The molecule has 0 unspecified atom stereocenters. The average molecular weight is 475 g/mol. The van der Waals surface area contributed by atoms with Crippen LogP contribution in [0.2, 0.25) is 0 Å². The minimum absolute atomic E-state index is 0.0255. The third kappa shape index (κ3) is 6.26. The number of carbonyl (C=O) groups is 3. The summed E-state index contributed by atoms with van der Waals surface area (Å²) in [5, 5.41) is 5.40. The Morgan fingerprint density at radius 3 is 2.14 bits per heavy atom. The highest BCUT2D eigenvalue weighted by molar-refractivity contribution is 6.11. The third-order valence-corrected chi connectivity index (χ3v) is 5.10. The highest BCUT2D eigenvalue weighted by atomic mass is 16.5. The Morgan fingerprint density at radius 2 is 1.46 bits per heavy atom. The molecule has 0 aliphatic heterocycles. The number of ether oxygens (including phenoxy) is 3. The number of anilines is 1. The molecule has 0 bridgehead atoms. The summed E-state index contributed by atoms with van der Waals surface area (Å²) in [6, 6.07) is 18.3. The topological polar surface area (TPSA) is 103 Å². The quantitative estimate of drug-likeness (QED) is 0.354. The monoisotopic (exact) mass is 474 g/mol. The minimum Gasteiger partial charge on any atom is -0.496 e. The van der Waals surface area contributed by atoms with E-state index >= 15 is 0 Å². The number of carbonyl (C=O) groups excluding carboxylic acids is 3. The summed E-state index contributed by atoms with van der Waals surface area (Å²) in [5.41, 5.74) is 1.69. The molecular weight excluding hydrogens is 448 g/mol. The fourth-order valence-corrected chi connectivity index (χ4v) is 3.29. The van der Waals surface area contributed by atoms with Crippen LogP contribution in [0, 0.1) is 0 Å². The van der Waals surface area contributed by atoms with Gasteiger partial charge in [-0.1, -0.05) is 30.3 Å². The second kappa shape index (κ2) is 11.5. The van der Waals surface area contributed by atoms with Crippen LogP contribution in [0.3, 0.4) is 0 Å². The van der Waals surface area contributed by atoms with E-state index in [1.807, 2.05) is 0 Å². The zero-order chi connectivity index (χ0) is 25.4. The Balaban J connectivity index is 1.96. The van der Waals surface area contributed by atoms with Crippen molar-refractivity contribution in [1.82, 2.24) is 5.32 Å². The van der Waals surface area contributed by atoms with E-state index in [0.29, 0.717) is 34.1 Å². The largest absolute Gasteiger partial charge is 0.496 e. The first-order valence-electron chi connectivity index (χ1n) is 10.7. The van der Waals surface area contributed by atoms with Gasteiger partial charge in [0.25, 0.3) is 11.8 Å². The molecule has 0 fully saturated rings. The van der Waals surface area contributed by atoms with Crippen LogP contribution in [0.15, 0.2) is 72.4 Å². The van der Waals surface area contributed by atoms with Gasteiger partial charge in [-0.2, -0.15) is 0 Å². The molecule has 3 aromatic carbocycles. The zero-order valence-corrected chi connectivity index (χ0v) is 19.9. The van der Waals surface area contributed by atoms with E-state index < -0.39 is 11.8 Å².